The van der Waals surface area contributed by atoms with Crippen LogP contribution in [0.1, 0.15) is 26.3 Å². The Balaban J connectivity index is 1.66. The molecule has 8 heteroatoms. The van der Waals surface area contributed by atoms with Crippen LogP contribution in [0.25, 0.3) is 11.4 Å². The van der Waals surface area contributed by atoms with Crippen LogP contribution in [0.3, 0.4) is 0 Å². The number of nitrogens with one attached hydrogen (secondary N) is 1. The molecule has 1 aromatic heterocycles. The molecule has 1 amide bonds. The monoisotopic (exact) mass is 448 g/mol. The molecule has 0 spiro atoms. The fourth-order valence-electron chi connectivity index (χ4n) is 2.72. The molecule has 2 aromatic carbocycles. The Hall–Kier alpha value is -2.02. The Morgan fingerprint density at radius 2 is 1.79 bits per heavy atom. The van der Waals surface area contributed by atoms with Gasteiger partial charge in [0.1, 0.15) is 0 Å². The van der Waals surface area contributed by atoms with Crippen molar-refractivity contribution in [3.05, 3.63) is 58.1 Å². The van der Waals surface area contributed by atoms with E-state index >= 15 is 0 Å². The highest BCUT2D eigenvalue weighted by Crippen LogP contribution is 2.28. The number of nitrogens with zero attached hydrogens (tertiary/aromatic N) is 3. The van der Waals surface area contributed by atoms with Crippen molar-refractivity contribution in [1.29, 1.82) is 0 Å². The first-order valence-corrected chi connectivity index (χ1v) is 10.8. The summed E-state index contributed by atoms with van der Waals surface area (Å²) in [7, 11) is 1.89. The number of anilines is 1. The molecule has 29 heavy (non-hydrogen) atoms. The Bertz CT molecular complexity index is 1030. The molecule has 152 valence electrons. The maximum atomic E-state index is 12.3. The molecule has 0 aliphatic rings. The van der Waals surface area contributed by atoms with Gasteiger partial charge in [0.05, 0.1) is 16.5 Å². The summed E-state index contributed by atoms with van der Waals surface area (Å²) >= 11 is 13.3. The van der Waals surface area contributed by atoms with Crippen LogP contribution in [0.5, 0.6) is 0 Å². The predicted molar refractivity (Wildman–Crippen MR) is 121 cm³/mol. The van der Waals surface area contributed by atoms with Crippen molar-refractivity contribution in [2.24, 2.45) is 7.05 Å². The molecule has 0 aliphatic carbocycles. The lowest BCUT2D eigenvalue weighted by atomic mass is 9.87. The maximum absolute atomic E-state index is 12.3. The number of carbonyl (C=O) groups is 1. The Morgan fingerprint density at radius 3 is 2.41 bits per heavy atom. The molecule has 3 rings (SSSR count). The van der Waals surface area contributed by atoms with E-state index in [0.29, 0.717) is 20.9 Å². The fourth-order valence-corrected chi connectivity index (χ4v) is 3.89. The van der Waals surface area contributed by atoms with Crippen molar-refractivity contribution < 1.29 is 4.79 Å². The van der Waals surface area contributed by atoms with Gasteiger partial charge in [0, 0.05) is 17.6 Å². The van der Waals surface area contributed by atoms with Gasteiger partial charge in [-0.2, -0.15) is 0 Å². The fraction of sp³-hybridized carbons (Fsp3) is 0.286. The normalized spacial score (nSPS) is 11.5. The molecule has 0 atom stereocenters. The molecule has 0 saturated heterocycles. The highest BCUT2D eigenvalue weighted by atomic mass is 35.5. The zero-order valence-corrected chi connectivity index (χ0v) is 19.0. The molecule has 0 radical (unpaired) electrons. The van der Waals surface area contributed by atoms with Gasteiger partial charge in [-0.1, -0.05) is 80.0 Å². The van der Waals surface area contributed by atoms with Crippen molar-refractivity contribution >= 4 is 46.6 Å². The molecule has 0 unspecified atom stereocenters. The molecule has 5 nitrogen and oxygen atoms in total. The zero-order valence-electron chi connectivity index (χ0n) is 16.7. The van der Waals surface area contributed by atoms with Crippen LogP contribution in [0.4, 0.5) is 5.69 Å². The van der Waals surface area contributed by atoms with Crippen molar-refractivity contribution in [1.82, 2.24) is 14.8 Å². The van der Waals surface area contributed by atoms with Gasteiger partial charge in [0.15, 0.2) is 11.0 Å². The van der Waals surface area contributed by atoms with Crippen LogP contribution in [-0.4, -0.2) is 26.4 Å². The SMILES string of the molecule is Cn1c(SCC(=O)Nc2ccc(Cl)cc2Cl)nnc1-c1ccc(C(C)(C)C)cc1. The first kappa shape index (κ1) is 21.7. The highest BCUT2D eigenvalue weighted by Gasteiger charge is 2.16. The standard InChI is InChI=1S/C21H22Cl2N4OS/c1-21(2,3)14-7-5-13(6-8-14)19-25-26-20(27(19)4)29-12-18(28)24-17-10-9-15(22)11-16(17)23/h5-11H,12H2,1-4H3,(H,24,28). The van der Waals surface area contributed by atoms with Crippen LogP contribution in [0.15, 0.2) is 47.6 Å². The van der Waals surface area contributed by atoms with Gasteiger partial charge in [0.2, 0.25) is 5.91 Å². The van der Waals surface area contributed by atoms with Crippen LogP contribution < -0.4 is 5.32 Å². The average molecular weight is 449 g/mol. The molecule has 0 aliphatic heterocycles. The summed E-state index contributed by atoms with van der Waals surface area (Å²) in [4.78, 5) is 12.3. The quantitative estimate of drug-likeness (QED) is 0.499. The summed E-state index contributed by atoms with van der Waals surface area (Å²) in [5.41, 5.74) is 2.87. The smallest absolute Gasteiger partial charge is 0.234 e. The second kappa shape index (κ2) is 8.78. The first-order chi connectivity index (χ1) is 13.6. The van der Waals surface area contributed by atoms with E-state index in [9.17, 15) is 4.79 Å². The number of amides is 1. The third-order valence-corrected chi connectivity index (χ3v) is 5.95. The Morgan fingerprint density at radius 1 is 1.10 bits per heavy atom. The zero-order chi connectivity index (χ0) is 21.2. The topological polar surface area (TPSA) is 59.8 Å². The molecule has 0 saturated carbocycles. The third-order valence-electron chi connectivity index (χ3n) is 4.38. The summed E-state index contributed by atoms with van der Waals surface area (Å²) in [6.07, 6.45) is 0. The predicted octanol–water partition coefficient (Wildman–Crippen LogP) is 5.82. The van der Waals surface area contributed by atoms with E-state index in [-0.39, 0.29) is 17.1 Å². The molecule has 0 fully saturated rings. The lowest BCUT2D eigenvalue weighted by Gasteiger charge is -2.19. The number of thioether (sulfide) groups is 1. The van der Waals surface area contributed by atoms with Gasteiger partial charge in [-0.3, -0.25) is 4.79 Å². The summed E-state index contributed by atoms with van der Waals surface area (Å²) in [5, 5.41) is 12.9. The number of hydrogen-bond acceptors (Lipinski definition) is 4. The first-order valence-electron chi connectivity index (χ1n) is 9.03. The third kappa shape index (κ3) is 5.32. The van der Waals surface area contributed by atoms with Crippen molar-refractivity contribution in [3.8, 4) is 11.4 Å². The lowest BCUT2D eigenvalue weighted by molar-refractivity contribution is -0.113. The number of benzene rings is 2. The molecule has 0 bridgehead atoms. The molecular formula is C21H22Cl2N4OS. The minimum atomic E-state index is -0.182. The van der Waals surface area contributed by atoms with Crippen molar-refractivity contribution in [2.45, 2.75) is 31.3 Å². The minimum Gasteiger partial charge on any atom is -0.324 e. The van der Waals surface area contributed by atoms with E-state index in [1.165, 1.54) is 17.3 Å². The van der Waals surface area contributed by atoms with E-state index in [2.05, 4.69) is 48.4 Å². The number of carbonyl (C=O) groups excluding carboxylic acids is 1. The molecule has 3 aromatic rings. The van der Waals surface area contributed by atoms with Crippen LogP contribution >= 0.6 is 35.0 Å². The van der Waals surface area contributed by atoms with Gasteiger partial charge in [-0.05, 0) is 29.2 Å². The lowest BCUT2D eigenvalue weighted by Crippen LogP contribution is -2.14. The molecule has 1 N–H and O–H groups in total. The number of rotatable bonds is 5. The summed E-state index contributed by atoms with van der Waals surface area (Å²) in [6.45, 7) is 6.55. The second-order valence-corrected chi connectivity index (χ2v) is 9.44. The number of aromatic nitrogens is 3. The Kier molecular flexibility index (Phi) is 6.56. The number of halogens is 2. The number of hydrogen-bond donors (Lipinski definition) is 1. The second-order valence-electron chi connectivity index (χ2n) is 7.65. The van der Waals surface area contributed by atoms with E-state index in [1.807, 2.05) is 23.7 Å². The maximum Gasteiger partial charge on any atom is 0.234 e. The summed E-state index contributed by atoms with van der Waals surface area (Å²) in [6, 6.07) is 13.3. The summed E-state index contributed by atoms with van der Waals surface area (Å²) in [5.74, 6) is 0.765. The van der Waals surface area contributed by atoms with Crippen LogP contribution in [0.2, 0.25) is 10.0 Å². The highest BCUT2D eigenvalue weighted by molar-refractivity contribution is 7.99. The summed E-state index contributed by atoms with van der Waals surface area (Å²) < 4.78 is 1.89. The minimum absolute atomic E-state index is 0.0970. The molecular weight excluding hydrogens is 427 g/mol. The van der Waals surface area contributed by atoms with Crippen molar-refractivity contribution in [2.75, 3.05) is 11.1 Å². The van der Waals surface area contributed by atoms with E-state index < -0.39 is 0 Å². The van der Waals surface area contributed by atoms with Gasteiger partial charge in [0.25, 0.3) is 0 Å². The Labute approximate surface area is 184 Å². The largest absolute Gasteiger partial charge is 0.324 e. The van der Waals surface area contributed by atoms with Crippen molar-refractivity contribution in [3.63, 3.8) is 0 Å². The molecule has 1 heterocycles. The van der Waals surface area contributed by atoms with Gasteiger partial charge < -0.3 is 9.88 Å². The van der Waals surface area contributed by atoms with Gasteiger partial charge in [-0.15, -0.1) is 10.2 Å². The van der Waals surface area contributed by atoms with E-state index in [1.54, 1.807) is 18.2 Å². The van der Waals surface area contributed by atoms with Crippen LogP contribution in [0, 0.1) is 0 Å². The van der Waals surface area contributed by atoms with Gasteiger partial charge >= 0.3 is 0 Å². The average Bonchev–Trinajstić information content (AvgIpc) is 3.02. The van der Waals surface area contributed by atoms with Gasteiger partial charge in [-0.25, -0.2) is 0 Å². The van der Waals surface area contributed by atoms with Crippen LogP contribution in [-0.2, 0) is 17.3 Å². The van der Waals surface area contributed by atoms with E-state index in [0.717, 1.165) is 11.4 Å². The van der Waals surface area contributed by atoms with E-state index in [4.69, 9.17) is 23.2 Å².